The minimum Gasteiger partial charge on any atom is -0.444 e. The molecule has 0 bridgehead atoms. The summed E-state index contributed by atoms with van der Waals surface area (Å²) in [4.78, 5) is 17.1. The van der Waals surface area contributed by atoms with Gasteiger partial charge in [-0.25, -0.2) is 9.78 Å². The topological polar surface area (TPSA) is 58.4 Å². The minimum absolute atomic E-state index is 0.0229. The molecule has 1 N–H and O–H groups in total. The molecule has 0 radical (unpaired) electrons. The van der Waals surface area contributed by atoms with E-state index in [0.29, 0.717) is 12.4 Å². The van der Waals surface area contributed by atoms with Crippen LogP contribution in [0.15, 0.2) is 10.6 Å². The van der Waals surface area contributed by atoms with E-state index < -0.39 is 0 Å². The highest BCUT2D eigenvalue weighted by Gasteiger charge is 2.18. The first-order valence-electron chi connectivity index (χ1n) is 4.70. The molecule has 0 aromatic carbocycles. The summed E-state index contributed by atoms with van der Waals surface area (Å²) in [6, 6.07) is -0.0229. The molecule has 1 aromatic heterocycles. The Bertz CT molecular complexity index is 335. The summed E-state index contributed by atoms with van der Waals surface area (Å²) in [5.74, 6) is 1.37. The molecule has 2 heterocycles. The number of aromatic nitrogens is 1. The van der Waals surface area contributed by atoms with Gasteiger partial charge in [-0.05, 0) is 6.42 Å². The van der Waals surface area contributed by atoms with E-state index in [1.54, 1.807) is 18.0 Å². The monoisotopic (exact) mass is 195 g/mol. The van der Waals surface area contributed by atoms with Gasteiger partial charge in [0.2, 0.25) is 0 Å². The van der Waals surface area contributed by atoms with Crippen molar-refractivity contribution < 1.29 is 9.21 Å². The number of hydrogen-bond donors (Lipinski definition) is 1. The molecule has 76 valence electrons. The normalized spacial score (nSPS) is 16.9. The second-order valence-corrected chi connectivity index (χ2v) is 3.35. The Morgan fingerprint density at radius 1 is 1.71 bits per heavy atom. The Kier molecular flexibility index (Phi) is 2.39. The van der Waals surface area contributed by atoms with Crippen LogP contribution in [0, 0.1) is 6.92 Å². The average Bonchev–Trinajstić information content (AvgIpc) is 2.56. The maximum absolute atomic E-state index is 11.4. The van der Waals surface area contributed by atoms with Gasteiger partial charge in [0.1, 0.15) is 5.76 Å². The minimum atomic E-state index is -0.0229. The Morgan fingerprint density at radius 3 is 3.21 bits per heavy atom. The lowest BCUT2D eigenvalue weighted by molar-refractivity contribution is 0.178. The van der Waals surface area contributed by atoms with Gasteiger partial charge in [0.25, 0.3) is 0 Å². The van der Waals surface area contributed by atoms with E-state index in [4.69, 9.17) is 4.42 Å². The Morgan fingerprint density at radius 2 is 2.57 bits per heavy atom. The lowest BCUT2D eigenvalue weighted by atomic mass is 10.3. The van der Waals surface area contributed by atoms with Crippen LogP contribution < -0.4 is 5.32 Å². The Balaban J connectivity index is 1.99. The highest BCUT2D eigenvalue weighted by atomic mass is 16.4. The van der Waals surface area contributed by atoms with Crippen molar-refractivity contribution in [1.29, 1.82) is 0 Å². The van der Waals surface area contributed by atoms with Crippen LogP contribution >= 0.6 is 0 Å². The van der Waals surface area contributed by atoms with Crippen molar-refractivity contribution in [2.45, 2.75) is 19.9 Å². The summed E-state index contributed by atoms with van der Waals surface area (Å²) in [5, 5.41) is 2.78. The molecule has 1 aliphatic heterocycles. The van der Waals surface area contributed by atoms with Crippen LogP contribution in [0.4, 0.5) is 4.79 Å². The summed E-state index contributed by atoms with van der Waals surface area (Å²) in [7, 11) is 0. The van der Waals surface area contributed by atoms with Crippen LogP contribution in [0.2, 0.25) is 0 Å². The number of carbonyl (C=O) groups is 1. The molecular formula is C9H13N3O2. The fourth-order valence-electron chi connectivity index (χ4n) is 1.50. The quantitative estimate of drug-likeness (QED) is 0.762. The van der Waals surface area contributed by atoms with Crippen LogP contribution in [-0.2, 0) is 6.54 Å². The van der Waals surface area contributed by atoms with Crippen LogP contribution in [-0.4, -0.2) is 29.0 Å². The summed E-state index contributed by atoms with van der Waals surface area (Å²) in [6.07, 6.45) is 2.65. The van der Waals surface area contributed by atoms with Crippen LogP contribution in [0.1, 0.15) is 18.1 Å². The Labute approximate surface area is 82.1 Å². The van der Waals surface area contributed by atoms with Crippen molar-refractivity contribution >= 4 is 6.03 Å². The summed E-state index contributed by atoms with van der Waals surface area (Å²) in [5.41, 5.74) is 0. The second-order valence-electron chi connectivity index (χ2n) is 3.35. The molecule has 0 unspecified atom stereocenters. The third kappa shape index (κ3) is 1.86. The molecule has 5 nitrogen and oxygen atoms in total. The van der Waals surface area contributed by atoms with Gasteiger partial charge in [0.05, 0.1) is 12.7 Å². The van der Waals surface area contributed by atoms with E-state index in [0.717, 1.165) is 25.3 Å². The van der Waals surface area contributed by atoms with E-state index in [-0.39, 0.29) is 6.03 Å². The van der Waals surface area contributed by atoms with Gasteiger partial charge in [-0.1, -0.05) is 0 Å². The molecule has 14 heavy (non-hydrogen) atoms. The number of amides is 2. The molecule has 1 fully saturated rings. The van der Waals surface area contributed by atoms with Crippen molar-refractivity contribution in [2.75, 3.05) is 13.1 Å². The number of carbonyl (C=O) groups excluding carboxylic acids is 1. The zero-order valence-corrected chi connectivity index (χ0v) is 8.12. The summed E-state index contributed by atoms with van der Waals surface area (Å²) >= 11 is 0. The van der Waals surface area contributed by atoms with Gasteiger partial charge in [-0.15, -0.1) is 0 Å². The number of oxazole rings is 1. The van der Waals surface area contributed by atoms with Gasteiger partial charge in [0.15, 0.2) is 5.89 Å². The predicted octanol–water partition coefficient (Wildman–Crippen LogP) is 0.898. The molecule has 2 rings (SSSR count). The molecule has 1 aliphatic rings. The van der Waals surface area contributed by atoms with E-state index in [9.17, 15) is 4.79 Å². The lowest BCUT2D eigenvalue weighted by Crippen LogP contribution is -2.45. The number of hydrogen-bond acceptors (Lipinski definition) is 3. The van der Waals surface area contributed by atoms with Gasteiger partial charge in [-0.2, -0.15) is 0 Å². The van der Waals surface area contributed by atoms with Gasteiger partial charge in [-0.3, -0.25) is 0 Å². The summed E-state index contributed by atoms with van der Waals surface area (Å²) in [6.45, 7) is 3.85. The van der Waals surface area contributed by atoms with Crippen molar-refractivity contribution in [3.63, 3.8) is 0 Å². The van der Waals surface area contributed by atoms with Gasteiger partial charge >= 0.3 is 6.03 Å². The zero-order valence-electron chi connectivity index (χ0n) is 8.12. The lowest BCUT2D eigenvalue weighted by Gasteiger charge is -2.26. The van der Waals surface area contributed by atoms with Crippen molar-refractivity contribution in [3.05, 3.63) is 17.8 Å². The number of rotatable bonds is 2. The number of urea groups is 1. The van der Waals surface area contributed by atoms with E-state index in [2.05, 4.69) is 10.3 Å². The fourth-order valence-corrected chi connectivity index (χ4v) is 1.50. The molecule has 5 heteroatoms. The number of aryl methyl sites for hydroxylation is 1. The fraction of sp³-hybridized carbons (Fsp3) is 0.556. The average molecular weight is 195 g/mol. The van der Waals surface area contributed by atoms with E-state index >= 15 is 0 Å². The van der Waals surface area contributed by atoms with Crippen molar-refractivity contribution in [1.82, 2.24) is 15.2 Å². The number of nitrogens with one attached hydrogen (secondary N) is 1. The largest absolute Gasteiger partial charge is 0.444 e. The maximum Gasteiger partial charge on any atom is 0.317 e. The molecule has 0 aliphatic carbocycles. The highest BCUT2D eigenvalue weighted by Crippen LogP contribution is 2.08. The predicted molar refractivity (Wildman–Crippen MR) is 49.7 cm³/mol. The van der Waals surface area contributed by atoms with E-state index in [1.165, 1.54) is 0 Å². The van der Waals surface area contributed by atoms with E-state index in [1.807, 2.05) is 0 Å². The first kappa shape index (κ1) is 9.05. The van der Waals surface area contributed by atoms with Crippen LogP contribution in [0.3, 0.4) is 0 Å². The number of nitrogens with zero attached hydrogens (tertiary/aromatic N) is 2. The van der Waals surface area contributed by atoms with Gasteiger partial charge < -0.3 is 14.6 Å². The zero-order chi connectivity index (χ0) is 9.97. The molecule has 0 spiro atoms. The van der Waals surface area contributed by atoms with Crippen LogP contribution in [0.5, 0.6) is 0 Å². The SMILES string of the molecule is Cc1ncc(CN2CCCNC2=O)o1. The maximum atomic E-state index is 11.4. The molecule has 1 aromatic rings. The van der Waals surface area contributed by atoms with Crippen molar-refractivity contribution in [2.24, 2.45) is 0 Å². The van der Waals surface area contributed by atoms with Crippen LogP contribution in [0.25, 0.3) is 0 Å². The van der Waals surface area contributed by atoms with Gasteiger partial charge in [0, 0.05) is 20.0 Å². The smallest absolute Gasteiger partial charge is 0.317 e. The molecule has 2 amide bonds. The third-order valence-electron chi connectivity index (χ3n) is 2.18. The molecule has 1 saturated heterocycles. The molecule has 0 saturated carbocycles. The van der Waals surface area contributed by atoms with Crippen molar-refractivity contribution in [3.8, 4) is 0 Å². The highest BCUT2D eigenvalue weighted by molar-refractivity contribution is 5.74. The Hall–Kier alpha value is -1.52. The summed E-state index contributed by atoms with van der Waals surface area (Å²) < 4.78 is 5.30. The standard InChI is InChI=1S/C9H13N3O2/c1-7-11-5-8(14-7)6-12-4-2-3-10-9(12)13/h5H,2-4,6H2,1H3,(H,10,13). The molecular weight excluding hydrogens is 182 g/mol. The molecule has 0 atom stereocenters. The first-order valence-corrected chi connectivity index (χ1v) is 4.70. The third-order valence-corrected chi connectivity index (χ3v) is 2.18. The first-order chi connectivity index (χ1) is 6.75. The second kappa shape index (κ2) is 3.69.